The van der Waals surface area contributed by atoms with Crippen molar-refractivity contribution < 1.29 is 9.47 Å². The van der Waals surface area contributed by atoms with Gasteiger partial charge in [0.2, 0.25) is 0 Å². The van der Waals surface area contributed by atoms with Gasteiger partial charge in [-0.15, -0.1) is 0 Å². The summed E-state index contributed by atoms with van der Waals surface area (Å²) in [4.78, 5) is 12.0. The fourth-order valence-electron chi connectivity index (χ4n) is 3.15. The fraction of sp³-hybridized carbons (Fsp3) is 0.524. The van der Waals surface area contributed by atoms with Gasteiger partial charge in [-0.3, -0.25) is 4.99 Å². The summed E-state index contributed by atoms with van der Waals surface area (Å²) in [7, 11) is 1.77. The number of benzene rings is 1. The SMILES string of the molecule is CN=C(NCCCOCC1CCOCC1)NCc1ncc(-c2ccccc2)[nH]1. The molecule has 2 aromatic rings. The van der Waals surface area contributed by atoms with Gasteiger partial charge in [0.1, 0.15) is 5.82 Å². The largest absolute Gasteiger partial charge is 0.381 e. The van der Waals surface area contributed by atoms with E-state index in [-0.39, 0.29) is 0 Å². The van der Waals surface area contributed by atoms with Crippen molar-refractivity contribution >= 4 is 5.96 Å². The average Bonchev–Trinajstić information content (AvgIpc) is 3.23. The van der Waals surface area contributed by atoms with E-state index < -0.39 is 0 Å². The van der Waals surface area contributed by atoms with Gasteiger partial charge in [-0.1, -0.05) is 30.3 Å². The number of nitrogens with one attached hydrogen (secondary N) is 3. The lowest BCUT2D eigenvalue weighted by atomic mass is 10.0. The summed E-state index contributed by atoms with van der Waals surface area (Å²) in [5.41, 5.74) is 2.14. The predicted octanol–water partition coefficient (Wildman–Crippen LogP) is 2.57. The van der Waals surface area contributed by atoms with Crippen LogP contribution in [0.15, 0.2) is 41.5 Å². The minimum atomic E-state index is 0.590. The summed E-state index contributed by atoms with van der Waals surface area (Å²) < 4.78 is 11.2. The summed E-state index contributed by atoms with van der Waals surface area (Å²) in [6.07, 6.45) is 5.04. The van der Waals surface area contributed by atoms with Crippen LogP contribution < -0.4 is 10.6 Å². The molecule has 0 unspecified atom stereocenters. The molecule has 0 amide bonds. The van der Waals surface area contributed by atoms with Crippen molar-refractivity contribution in [3.8, 4) is 11.3 Å². The minimum Gasteiger partial charge on any atom is -0.381 e. The third kappa shape index (κ3) is 6.65. The lowest BCUT2D eigenvalue weighted by Crippen LogP contribution is -2.37. The maximum absolute atomic E-state index is 5.79. The lowest BCUT2D eigenvalue weighted by Gasteiger charge is -2.21. The molecule has 0 radical (unpaired) electrons. The molecule has 7 heteroatoms. The monoisotopic (exact) mass is 385 g/mol. The van der Waals surface area contributed by atoms with E-state index >= 15 is 0 Å². The van der Waals surface area contributed by atoms with Gasteiger partial charge in [0.15, 0.2) is 5.96 Å². The van der Waals surface area contributed by atoms with E-state index in [1.165, 1.54) is 0 Å². The molecule has 3 rings (SSSR count). The van der Waals surface area contributed by atoms with Gasteiger partial charge in [-0.05, 0) is 30.7 Å². The maximum atomic E-state index is 5.79. The highest BCUT2D eigenvalue weighted by atomic mass is 16.5. The Bertz CT molecular complexity index is 711. The van der Waals surface area contributed by atoms with Crippen molar-refractivity contribution in [3.63, 3.8) is 0 Å². The zero-order chi connectivity index (χ0) is 19.4. The second kappa shape index (κ2) is 11.5. The molecule has 1 fully saturated rings. The van der Waals surface area contributed by atoms with Crippen LogP contribution in [-0.2, 0) is 16.0 Å². The molecule has 0 saturated carbocycles. The van der Waals surface area contributed by atoms with E-state index in [9.17, 15) is 0 Å². The highest BCUT2D eigenvalue weighted by Crippen LogP contribution is 2.16. The molecule has 0 bridgehead atoms. The second-order valence-electron chi connectivity index (χ2n) is 6.95. The van der Waals surface area contributed by atoms with Gasteiger partial charge in [0, 0.05) is 40.0 Å². The molecule has 1 aromatic heterocycles. The Morgan fingerprint density at radius 2 is 2.07 bits per heavy atom. The van der Waals surface area contributed by atoms with Crippen LogP contribution in [0, 0.1) is 5.92 Å². The lowest BCUT2D eigenvalue weighted by molar-refractivity contribution is 0.0203. The number of H-pyrrole nitrogens is 1. The summed E-state index contributed by atoms with van der Waals surface area (Å²) in [5, 5.41) is 6.60. The number of aliphatic imine (C=N–C) groups is 1. The first-order chi connectivity index (χ1) is 13.8. The van der Waals surface area contributed by atoms with Crippen LogP contribution in [0.2, 0.25) is 0 Å². The van der Waals surface area contributed by atoms with Crippen molar-refractivity contribution in [2.24, 2.45) is 10.9 Å². The Balaban J connectivity index is 1.30. The quantitative estimate of drug-likeness (QED) is 0.351. The molecule has 1 aliphatic heterocycles. The molecule has 3 N–H and O–H groups in total. The Labute approximate surface area is 167 Å². The Hall–Kier alpha value is -2.38. The summed E-state index contributed by atoms with van der Waals surface area (Å²) in [6.45, 7) is 4.77. The Morgan fingerprint density at radius 1 is 1.25 bits per heavy atom. The number of imidazole rings is 1. The van der Waals surface area contributed by atoms with Crippen molar-refractivity contribution in [1.82, 2.24) is 20.6 Å². The molecule has 1 aromatic carbocycles. The normalized spacial score (nSPS) is 15.5. The van der Waals surface area contributed by atoms with Crippen LogP contribution in [0.3, 0.4) is 0 Å². The molecular formula is C21H31N5O2. The fourth-order valence-corrected chi connectivity index (χ4v) is 3.15. The van der Waals surface area contributed by atoms with Crippen molar-refractivity contribution in [2.45, 2.75) is 25.8 Å². The predicted molar refractivity (Wildman–Crippen MR) is 111 cm³/mol. The Kier molecular flexibility index (Phi) is 8.33. The summed E-state index contributed by atoms with van der Waals surface area (Å²) >= 11 is 0. The maximum Gasteiger partial charge on any atom is 0.191 e. The van der Waals surface area contributed by atoms with Crippen LogP contribution in [0.25, 0.3) is 11.3 Å². The van der Waals surface area contributed by atoms with E-state index in [1.807, 2.05) is 24.4 Å². The van der Waals surface area contributed by atoms with Gasteiger partial charge in [-0.25, -0.2) is 4.98 Å². The molecule has 28 heavy (non-hydrogen) atoms. The van der Waals surface area contributed by atoms with E-state index in [4.69, 9.17) is 9.47 Å². The summed E-state index contributed by atoms with van der Waals surface area (Å²) in [5.74, 6) is 2.30. The third-order valence-electron chi connectivity index (χ3n) is 4.81. The first kappa shape index (κ1) is 20.4. The Morgan fingerprint density at radius 3 is 2.86 bits per heavy atom. The summed E-state index contributed by atoms with van der Waals surface area (Å²) in [6, 6.07) is 10.2. The smallest absolute Gasteiger partial charge is 0.191 e. The number of hydrogen-bond donors (Lipinski definition) is 3. The molecule has 0 aliphatic carbocycles. The van der Waals surface area contributed by atoms with Crippen LogP contribution in [-0.4, -0.2) is 55.9 Å². The minimum absolute atomic E-state index is 0.590. The zero-order valence-corrected chi connectivity index (χ0v) is 16.6. The highest BCUT2D eigenvalue weighted by molar-refractivity contribution is 5.79. The first-order valence-corrected chi connectivity index (χ1v) is 10.0. The number of hydrogen-bond acceptors (Lipinski definition) is 4. The van der Waals surface area contributed by atoms with E-state index in [0.717, 1.165) is 75.3 Å². The molecule has 0 atom stereocenters. The zero-order valence-electron chi connectivity index (χ0n) is 16.6. The number of ether oxygens (including phenoxy) is 2. The van der Waals surface area contributed by atoms with E-state index in [1.54, 1.807) is 7.05 Å². The number of rotatable bonds is 9. The molecule has 0 spiro atoms. The average molecular weight is 386 g/mol. The van der Waals surface area contributed by atoms with Crippen molar-refractivity contribution in [1.29, 1.82) is 0 Å². The molecule has 1 aliphatic rings. The number of aromatic nitrogens is 2. The second-order valence-corrected chi connectivity index (χ2v) is 6.95. The topological polar surface area (TPSA) is 83.6 Å². The van der Waals surface area contributed by atoms with Crippen molar-refractivity contribution in [2.75, 3.05) is 40.0 Å². The van der Waals surface area contributed by atoms with Gasteiger partial charge >= 0.3 is 0 Å². The molecule has 152 valence electrons. The van der Waals surface area contributed by atoms with E-state index in [0.29, 0.717) is 12.5 Å². The molecule has 7 nitrogen and oxygen atoms in total. The standard InChI is InChI=1S/C21H31N5O2/c1-22-21(23-10-5-11-28-16-17-8-12-27-13-9-17)25-15-20-24-14-19(26-20)18-6-3-2-4-7-18/h2-4,6-7,14,17H,5,8-13,15-16H2,1H3,(H,24,26)(H2,22,23,25). The number of aromatic amines is 1. The van der Waals surface area contributed by atoms with Gasteiger partial charge < -0.3 is 25.1 Å². The van der Waals surface area contributed by atoms with Gasteiger partial charge in [0.05, 0.1) is 18.4 Å². The third-order valence-corrected chi connectivity index (χ3v) is 4.81. The van der Waals surface area contributed by atoms with Crippen LogP contribution >= 0.6 is 0 Å². The van der Waals surface area contributed by atoms with Crippen LogP contribution in [0.4, 0.5) is 0 Å². The van der Waals surface area contributed by atoms with Crippen molar-refractivity contribution in [3.05, 3.63) is 42.4 Å². The van der Waals surface area contributed by atoms with Gasteiger partial charge in [-0.2, -0.15) is 0 Å². The van der Waals surface area contributed by atoms with E-state index in [2.05, 4.69) is 37.7 Å². The van der Waals surface area contributed by atoms with Gasteiger partial charge in [0.25, 0.3) is 0 Å². The molecule has 1 saturated heterocycles. The number of nitrogens with zero attached hydrogens (tertiary/aromatic N) is 2. The molecule has 2 heterocycles. The number of guanidine groups is 1. The first-order valence-electron chi connectivity index (χ1n) is 10.0. The highest BCUT2D eigenvalue weighted by Gasteiger charge is 2.13. The van der Waals surface area contributed by atoms with Crippen LogP contribution in [0.1, 0.15) is 25.1 Å². The molecular weight excluding hydrogens is 354 g/mol. The van der Waals surface area contributed by atoms with Crippen LogP contribution in [0.5, 0.6) is 0 Å².